The van der Waals surface area contributed by atoms with Crippen molar-refractivity contribution in [1.29, 1.82) is 0 Å². The summed E-state index contributed by atoms with van der Waals surface area (Å²) in [5, 5.41) is 2.66. The first-order chi connectivity index (χ1) is 9.25. The number of nitrogens with zero attached hydrogens (tertiary/aromatic N) is 3. The van der Waals surface area contributed by atoms with Gasteiger partial charge in [0.15, 0.2) is 0 Å². The zero-order valence-electron chi connectivity index (χ0n) is 10.0. The number of anilines is 2. The fourth-order valence-corrected chi connectivity index (χ4v) is 2.60. The molecule has 108 valence electrons. The van der Waals surface area contributed by atoms with Gasteiger partial charge in [-0.25, -0.2) is 0 Å². The molecule has 0 saturated carbocycles. The first-order valence-corrected chi connectivity index (χ1v) is 7.37. The normalized spacial score (nSPS) is 10.9. The average Bonchev–Trinajstić information content (AvgIpc) is 2.25. The van der Waals surface area contributed by atoms with Crippen molar-refractivity contribution in [3.05, 3.63) is 34.3 Å². The van der Waals surface area contributed by atoms with Gasteiger partial charge in [-0.2, -0.15) is 23.4 Å². The Morgan fingerprint density at radius 2 is 1.71 bits per heavy atom. The molecule has 1 aromatic carbocycles. The summed E-state index contributed by atoms with van der Waals surface area (Å²) in [4.78, 5) is 11.0. The molecule has 0 aliphatic heterocycles. The van der Waals surface area contributed by atoms with E-state index < -0.39 is 10.1 Å². The van der Waals surface area contributed by atoms with E-state index in [2.05, 4.69) is 20.3 Å². The van der Waals surface area contributed by atoms with Crippen molar-refractivity contribution in [2.45, 2.75) is 11.8 Å². The number of aryl methyl sites for hydroxylation is 1. The fraction of sp³-hybridized carbons (Fsp3) is 0.100. The first kappa shape index (κ1) is 18.6. The van der Waals surface area contributed by atoms with Gasteiger partial charge in [0.05, 0.1) is 4.90 Å². The molecule has 1 heterocycles. The van der Waals surface area contributed by atoms with Crippen LogP contribution in [0.3, 0.4) is 0 Å². The van der Waals surface area contributed by atoms with E-state index in [9.17, 15) is 8.42 Å². The van der Waals surface area contributed by atoms with Crippen molar-refractivity contribution in [1.82, 2.24) is 15.0 Å². The van der Waals surface area contributed by atoms with Crippen LogP contribution < -0.4 is 5.32 Å². The molecular formula is C10H9Cl2N4NaO3S. The molecule has 0 amide bonds. The van der Waals surface area contributed by atoms with Crippen molar-refractivity contribution in [3.8, 4) is 0 Å². The summed E-state index contributed by atoms with van der Waals surface area (Å²) in [7, 11) is -4.25. The number of hydrogen-bond donors (Lipinski definition) is 2. The summed E-state index contributed by atoms with van der Waals surface area (Å²) in [5.41, 5.74) is 0.872. The third-order valence-electron chi connectivity index (χ3n) is 2.29. The molecule has 11 heteroatoms. The zero-order valence-corrected chi connectivity index (χ0v) is 12.3. The van der Waals surface area contributed by atoms with Gasteiger partial charge in [-0.1, -0.05) is 0 Å². The standard InChI is InChI=1S/C10H8Cl2N4O3S.Na.H/c1-5-4-6(2-3-7(5)20(17,18)19)13-10-15-8(11)14-9(12)16-10;;/h2-4H,1H3,(H,17,18,19)(H,13,14,15,16);;. The van der Waals surface area contributed by atoms with E-state index in [0.29, 0.717) is 11.3 Å². The molecule has 0 saturated heterocycles. The van der Waals surface area contributed by atoms with E-state index >= 15 is 0 Å². The van der Waals surface area contributed by atoms with Gasteiger partial charge >= 0.3 is 29.6 Å². The Morgan fingerprint density at radius 1 is 1.14 bits per heavy atom. The Kier molecular flexibility index (Phi) is 6.36. The topological polar surface area (TPSA) is 105 Å². The van der Waals surface area contributed by atoms with Crippen molar-refractivity contribution >= 4 is 74.5 Å². The molecule has 21 heavy (non-hydrogen) atoms. The van der Waals surface area contributed by atoms with E-state index in [-0.39, 0.29) is 51.0 Å². The minimum atomic E-state index is -4.25. The van der Waals surface area contributed by atoms with Crippen LogP contribution in [0.25, 0.3) is 0 Å². The second-order valence-electron chi connectivity index (χ2n) is 3.78. The molecule has 2 N–H and O–H groups in total. The first-order valence-electron chi connectivity index (χ1n) is 5.18. The van der Waals surface area contributed by atoms with Crippen LogP contribution in [0.5, 0.6) is 0 Å². The number of hydrogen-bond acceptors (Lipinski definition) is 6. The molecule has 0 radical (unpaired) electrons. The predicted octanol–water partition coefficient (Wildman–Crippen LogP) is 1.83. The summed E-state index contributed by atoms with van der Waals surface area (Å²) >= 11 is 11.3. The second kappa shape index (κ2) is 7.19. The molecule has 0 aliphatic rings. The quantitative estimate of drug-likeness (QED) is 0.636. The third kappa shape index (κ3) is 5.03. The number of benzene rings is 1. The van der Waals surface area contributed by atoms with Gasteiger partial charge in [0, 0.05) is 5.69 Å². The van der Waals surface area contributed by atoms with E-state index in [1.54, 1.807) is 6.92 Å². The SMILES string of the molecule is Cc1cc(Nc2nc(Cl)nc(Cl)n2)ccc1S(=O)(=O)O.[NaH]. The van der Waals surface area contributed by atoms with Crippen LogP contribution in [0, 0.1) is 6.92 Å². The van der Waals surface area contributed by atoms with Gasteiger partial charge in [0.2, 0.25) is 16.5 Å². The summed E-state index contributed by atoms with van der Waals surface area (Å²) < 4.78 is 31.2. The van der Waals surface area contributed by atoms with Crippen LogP contribution in [0.2, 0.25) is 10.6 Å². The van der Waals surface area contributed by atoms with Gasteiger partial charge in [-0.05, 0) is 53.9 Å². The van der Waals surface area contributed by atoms with Crippen LogP contribution >= 0.6 is 23.2 Å². The summed E-state index contributed by atoms with van der Waals surface area (Å²) in [5.74, 6) is 0.119. The van der Waals surface area contributed by atoms with Crippen LogP contribution in [0.4, 0.5) is 11.6 Å². The van der Waals surface area contributed by atoms with Gasteiger partial charge in [0.25, 0.3) is 10.1 Å². The molecule has 2 rings (SSSR count). The fourth-order valence-electron chi connectivity index (χ4n) is 1.53. The Hall–Kier alpha value is -0.480. The number of halogens is 2. The maximum atomic E-state index is 11.1. The monoisotopic (exact) mass is 358 g/mol. The second-order valence-corrected chi connectivity index (χ2v) is 5.84. The Balaban J connectivity index is 0.00000220. The van der Waals surface area contributed by atoms with Gasteiger partial charge in [-0.3, -0.25) is 4.55 Å². The molecule has 0 aliphatic carbocycles. The number of aromatic nitrogens is 3. The molecule has 0 bridgehead atoms. The van der Waals surface area contributed by atoms with E-state index in [1.807, 2.05) is 0 Å². The molecule has 1 aromatic heterocycles. The van der Waals surface area contributed by atoms with Gasteiger partial charge < -0.3 is 5.32 Å². The molecule has 0 unspecified atom stereocenters. The predicted molar refractivity (Wildman–Crippen MR) is 81.3 cm³/mol. The summed E-state index contributed by atoms with van der Waals surface area (Å²) in [6.45, 7) is 1.54. The molecular weight excluding hydrogens is 350 g/mol. The third-order valence-corrected chi connectivity index (χ3v) is 3.64. The maximum absolute atomic E-state index is 11.1. The molecule has 0 spiro atoms. The van der Waals surface area contributed by atoms with Crippen LogP contribution in [-0.2, 0) is 10.1 Å². The zero-order chi connectivity index (χ0) is 14.9. The summed E-state index contributed by atoms with van der Waals surface area (Å²) in [6, 6.07) is 4.22. The number of rotatable bonds is 3. The Bertz CT molecular complexity index is 753. The van der Waals surface area contributed by atoms with Crippen LogP contribution in [-0.4, -0.2) is 57.5 Å². The van der Waals surface area contributed by atoms with Crippen molar-refractivity contribution in [2.24, 2.45) is 0 Å². The molecule has 0 fully saturated rings. The minimum absolute atomic E-state index is 0. The Labute approximate surface area is 153 Å². The van der Waals surface area contributed by atoms with Crippen LogP contribution in [0.15, 0.2) is 23.1 Å². The van der Waals surface area contributed by atoms with E-state index in [1.165, 1.54) is 18.2 Å². The number of nitrogens with one attached hydrogen (secondary N) is 1. The molecule has 7 nitrogen and oxygen atoms in total. The van der Waals surface area contributed by atoms with Crippen molar-refractivity contribution in [3.63, 3.8) is 0 Å². The van der Waals surface area contributed by atoms with Gasteiger partial charge in [0.1, 0.15) is 0 Å². The Morgan fingerprint density at radius 3 is 2.19 bits per heavy atom. The average molecular weight is 359 g/mol. The molecule has 2 aromatic rings. The van der Waals surface area contributed by atoms with Gasteiger partial charge in [-0.15, -0.1) is 0 Å². The van der Waals surface area contributed by atoms with E-state index in [4.69, 9.17) is 27.8 Å². The van der Waals surface area contributed by atoms with Crippen molar-refractivity contribution in [2.75, 3.05) is 5.32 Å². The molecule has 0 atom stereocenters. The van der Waals surface area contributed by atoms with Crippen LogP contribution in [0.1, 0.15) is 5.56 Å². The summed E-state index contributed by atoms with van der Waals surface area (Å²) in [6.07, 6.45) is 0. The van der Waals surface area contributed by atoms with E-state index in [0.717, 1.165) is 0 Å². The van der Waals surface area contributed by atoms with Crippen molar-refractivity contribution < 1.29 is 13.0 Å².